The molecule has 39 heavy (non-hydrogen) atoms. The van der Waals surface area contributed by atoms with E-state index in [0.29, 0.717) is 17.0 Å². The van der Waals surface area contributed by atoms with E-state index in [0.717, 1.165) is 62.7 Å². The second-order valence-corrected chi connectivity index (χ2v) is 9.77. The van der Waals surface area contributed by atoms with Gasteiger partial charge < -0.3 is 15.0 Å². The lowest BCUT2D eigenvalue weighted by atomic mass is 10.0. The lowest BCUT2D eigenvalue weighted by Crippen LogP contribution is -2.13. The number of ether oxygens (including phenoxy) is 1. The number of nitrogens with one attached hydrogen (secondary N) is 3. The van der Waals surface area contributed by atoms with E-state index in [1.807, 2.05) is 24.3 Å². The summed E-state index contributed by atoms with van der Waals surface area (Å²) >= 11 is 0. The van der Waals surface area contributed by atoms with Crippen LogP contribution in [0.25, 0.3) is 55.4 Å². The number of pyridine rings is 2. The molecule has 4 heterocycles. The third-order valence-corrected chi connectivity index (χ3v) is 7.07. The molecule has 192 valence electrons. The number of hydrogen-bond donors (Lipinski definition) is 3. The van der Waals surface area contributed by atoms with Gasteiger partial charge in [0, 0.05) is 46.3 Å². The van der Waals surface area contributed by atoms with Gasteiger partial charge in [0.2, 0.25) is 5.91 Å². The summed E-state index contributed by atoms with van der Waals surface area (Å²) in [7, 11) is 1.51. The monoisotopic (exact) mass is 518 g/mol. The number of H-pyrrole nitrogens is 2. The van der Waals surface area contributed by atoms with Crippen molar-refractivity contribution >= 4 is 33.4 Å². The molecule has 6 aromatic rings. The van der Waals surface area contributed by atoms with E-state index in [4.69, 9.17) is 4.74 Å². The van der Waals surface area contributed by atoms with Gasteiger partial charge in [0.15, 0.2) is 0 Å². The summed E-state index contributed by atoms with van der Waals surface area (Å²) in [6.07, 6.45) is 8.79. The minimum Gasteiger partial charge on any atom is -0.497 e. The second-order valence-electron chi connectivity index (χ2n) is 9.77. The number of rotatable bonds is 6. The molecule has 7 rings (SSSR count). The Morgan fingerprint density at radius 2 is 1.79 bits per heavy atom. The largest absolute Gasteiger partial charge is 0.497 e. The molecular formula is C30H23FN6O2. The zero-order chi connectivity index (χ0) is 26.5. The predicted octanol–water partition coefficient (Wildman–Crippen LogP) is 6.33. The van der Waals surface area contributed by atoms with Crippen molar-refractivity contribution in [3.8, 4) is 39.4 Å². The van der Waals surface area contributed by atoms with Crippen LogP contribution in [-0.2, 0) is 4.79 Å². The van der Waals surface area contributed by atoms with Crippen molar-refractivity contribution < 1.29 is 13.9 Å². The van der Waals surface area contributed by atoms with E-state index in [2.05, 4.69) is 36.5 Å². The van der Waals surface area contributed by atoms with E-state index < -0.39 is 0 Å². The summed E-state index contributed by atoms with van der Waals surface area (Å²) in [6.45, 7) is 0. The van der Waals surface area contributed by atoms with Crippen LogP contribution in [0.2, 0.25) is 0 Å². The summed E-state index contributed by atoms with van der Waals surface area (Å²) < 4.78 is 19.5. The fourth-order valence-electron chi connectivity index (χ4n) is 4.90. The third-order valence-electron chi connectivity index (χ3n) is 7.07. The normalized spacial score (nSPS) is 13.2. The number of nitrogens with zero attached hydrogens (tertiary/aromatic N) is 3. The first-order valence-corrected chi connectivity index (χ1v) is 12.6. The number of amides is 1. The maximum absolute atomic E-state index is 14.3. The number of methoxy groups -OCH3 is 1. The fraction of sp³-hybridized carbons (Fsp3) is 0.133. The molecule has 9 heteroatoms. The molecule has 1 aliphatic rings. The van der Waals surface area contributed by atoms with Gasteiger partial charge in [-0.1, -0.05) is 6.07 Å². The van der Waals surface area contributed by atoms with Gasteiger partial charge in [0.25, 0.3) is 0 Å². The van der Waals surface area contributed by atoms with Gasteiger partial charge in [-0.25, -0.2) is 4.39 Å². The molecule has 1 fully saturated rings. The van der Waals surface area contributed by atoms with Gasteiger partial charge in [0.1, 0.15) is 17.3 Å². The lowest BCUT2D eigenvalue weighted by molar-refractivity contribution is -0.117. The summed E-state index contributed by atoms with van der Waals surface area (Å²) in [6, 6.07) is 14.6. The molecule has 1 aliphatic carbocycles. The Hall–Kier alpha value is -5.05. The molecule has 0 unspecified atom stereocenters. The average Bonchev–Trinajstić information content (AvgIpc) is 3.58. The summed E-state index contributed by atoms with van der Waals surface area (Å²) in [5.74, 6) is 0.224. The number of hydrogen-bond acceptors (Lipinski definition) is 5. The maximum atomic E-state index is 14.3. The molecule has 1 saturated carbocycles. The zero-order valence-corrected chi connectivity index (χ0v) is 21.0. The van der Waals surface area contributed by atoms with Gasteiger partial charge in [-0.3, -0.25) is 19.9 Å². The highest BCUT2D eigenvalue weighted by atomic mass is 19.1. The number of aromatic nitrogens is 5. The molecule has 0 radical (unpaired) electrons. The highest BCUT2D eigenvalue weighted by molar-refractivity contribution is 6.01. The number of carbonyl (C=O) groups excluding carboxylic acids is 1. The molecule has 0 saturated heterocycles. The third kappa shape index (κ3) is 4.27. The van der Waals surface area contributed by atoms with E-state index in [1.165, 1.54) is 19.2 Å². The highest BCUT2D eigenvalue weighted by Crippen LogP contribution is 2.36. The first kappa shape index (κ1) is 23.1. The smallest absolute Gasteiger partial charge is 0.227 e. The SMILES string of the molecule is COc1cc(F)cc(-c2cncc3[nH]c(-c4n[nH]c5ccc(-c6cncc(NC(=O)C7CC7)c6)cc45)cc23)c1. The number of anilines is 1. The zero-order valence-electron chi connectivity index (χ0n) is 21.0. The van der Waals surface area contributed by atoms with Crippen LogP contribution in [-0.4, -0.2) is 38.2 Å². The van der Waals surface area contributed by atoms with Crippen LogP contribution in [0.4, 0.5) is 10.1 Å². The average molecular weight is 519 g/mol. The molecule has 1 amide bonds. The van der Waals surface area contributed by atoms with Gasteiger partial charge >= 0.3 is 0 Å². The molecular weight excluding hydrogens is 495 g/mol. The van der Waals surface area contributed by atoms with E-state index in [1.54, 1.807) is 30.9 Å². The topological polar surface area (TPSA) is 109 Å². The Balaban J connectivity index is 1.28. The number of fused-ring (bicyclic) bond motifs is 2. The van der Waals surface area contributed by atoms with Gasteiger partial charge in [0.05, 0.1) is 41.9 Å². The van der Waals surface area contributed by atoms with Crippen LogP contribution in [0.15, 0.2) is 73.3 Å². The Morgan fingerprint density at radius 1 is 0.923 bits per heavy atom. The Morgan fingerprint density at radius 3 is 2.64 bits per heavy atom. The van der Waals surface area contributed by atoms with Crippen molar-refractivity contribution in [3.05, 3.63) is 79.1 Å². The van der Waals surface area contributed by atoms with Crippen LogP contribution in [0.3, 0.4) is 0 Å². The van der Waals surface area contributed by atoms with Crippen LogP contribution in [0, 0.1) is 11.7 Å². The quantitative estimate of drug-likeness (QED) is 0.239. The number of aromatic amines is 2. The van der Waals surface area contributed by atoms with Crippen LogP contribution >= 0.6 is 0 Å². The van der Waals surface area contributed by atoms with Crippen LogP contribution in [0.1, 0.15) is 12.8 Å². The first-order chi connectivity index (χ1) is 19.1. The lowest BCUT2D eigenvalue weighted by Gasteiger charge is -2.07. The van der Waals surface area contributed by atoms with E-state index >= 15 is 0 Å². The first-order valence-electron chi connectivity index (χ1n) is 12.6. The molecule has 8 nitrogen and oxygen atoms in total. The van der Waals surface area contributed by atoms with E-state index in [9.17, 15) is 9.18 Å². The molecule has 0 atom stereocenters. The minimum atomic E-state index is -0.381. The van der Waals surface area contributed by atoms with Crippen LogP contribution < -0.4 is 10.1 Å². The summed E-state index contributed by atoms with van der Waals surface area (Å²) in [4.78, 5) is 24.3. The highest BCUT2D eigenvalue weighted by Gasteiger charge is 2.29. The van der Waals surface area contributed by atoms with Crippen LogP contribution in [0.5, 0.6) is 5.75 Å². The molecule has 0 bridgehead atoms. The fourth-order valence-corrected chi connectivity index (χ4v) is 4.90. The van der Waals surface area contributed by atoms with Crippen molar-refractivity contribution in [2.45, 2.75) is 12.8 Å². The van der Waals surface area contributed by atoms with Crippen molar-refractivity contribution in [2.75, 3.05) is 12.4 Å². The van der Waals surface area contributed by atoms with Gasteiger partial charge in [-0.2, -0.15) is 5.10 Å². The Kier molecular flexibility index (Phi) is 5.36. The predicted molar refractivity (Wildman–Crippen MR) is 148 cm³/mol. The van der Waals surface area contributed by atoms with Crippen molar-refractivity contribution in [3.63, 3.8) is 0 Å². The van der Waals surface area contributed by atoms with Gasteiger partial charge in [-0.05, 0) is 60.4 Å². The molecule has 0 spiro atoms. The maximum Gasteiger partial charge on any atom is 0.227 e. The van der Waals surface area contributed by atoms with Crippen molar-refractivity contribution in [2.24, 2.45) is 5.92 Å². The van der Waals surface area contributed by atoms with E-state index in [-0.39, 0.29) is 17.6 Å². The molecule has 3 N–H and O–H groups in total. The van der Waals surface area contributed by atoms with Crippen molar-refractivity contribution in [1.82, 2.24) is 25.1 Å². The Bertz CT molecular complexity index is 1890. The summed E-state index contributed by atoms with van der Waals surface area (Å²) in [5.41, 5.74) is 7.21. The minimum absolute atomic E-state index is 0.0471. The summed E-state index contributed by atoms with van der Waals surface area (Å²) in [5, 5.41) is 12.5. The molecule has 2 aromatic carbocycles. The van der Waals surface area contributed by atoms with Crippen molar-refractivity contribution in [1.29, 1.82) is 0 Å². The Labute approximate surface area is 222 Å². The number of carbonyl (C=O) groups is 1. The van der Waals surface area contributed by atoms with Gasteiger partial charge in [-0.15, -0.1) is 0 Å². The molecule has 4 aromatic heterocycles. The standard InChI is InChI=1S/C30H23FN6O2/c1-39-22-8-18(6-20(31)10-22)25-14-33-15-28-23(25)11-27(35-28)29-24-9-17(4-5-26(24)36-37-29)19-7-21(13-32-12-19)34-30(38)16-2-3-16/h4-16,35H,2-3H2,1H3,(H,34,38)(H,36,37). The number of benzene rings is 2. The second kappa shape index (κ2) is 9.05. The number of halogens is 1. The molecule has 0 aliphatic heterocycles.